The molecule has 1 amide bonds. The number of fused-ring (bicyclic) bond motifs is 1. The van der Waals surface area contributed by atoms with E-state index in [2.05, 4.69) is 22.2 Å². The van der Waals surface area contributed by atoms with Crippen LogP contribution in [-0.2, 0) is 11.2 Å². The van der Waals surface area contributed by atoms with Gasteiger partial charge in [-0.3, -0.25) is 14.7 Å². The Kier molecular flexibility index (Phi) is 4.53. The second-order valence-corrected chi connectivity index (χ2v) is 7.13. The molecule has 0 radical (unpaired) electrons. The van der Waals surface area contributed by atoms with Crippen molar-refractivity contribution in [2.75, 3.05) is 19.6 Å². The number of hydrogen-bond donors (Lipinski definition) is 2. The summed E-state index contributed by atoms with van der Waals surface area (Å²) >= 11 is 0. The molecule has 0 saturated carbocycles. The lowest BCUT2D eigenvalue weighted by Gasteiger charge is -2.17. The Labute approximate surface area is 156 Å². The van der Waals surface area contributed by atoms with Crippen LogP contribution in [0.5, 0.6) is 0 Å². The van der Waals surface area contributed by atoms with E-state index in [9.17, 15) is 9.59 Å². The molecule has 1 aliphatic rings. The van der Waals surface area contributed by atoms with Crippen molar-refractivity contribution in [1.29, 1.82) is 0 Å². The summed E-state index contributed by atoms with van der Waals surface area (Å²) in [5.41, 5.74) is 8.55. The van der Waals surface area contributed by atoms with E-state index in [0.29, 0.717) is 36.5 Å². The normalized spacial score (nSPS) is 19.7. The largest absolute Gasteiger partial charge is 0.341 e. The highest BCUT2D eigenvalue weighted by Gasteiger charge is 2.35. The number of carbonyl (C=O) groups excluding carboxylic acids is 1. The molecular formula is C20H23N5O2. The summed E-state index contributed by atoms with van der Waals surface area (Å²) < 4.78 is 1.37. The third-order valence-corrected chi connectivity index (χ3v) is 5.50. The molecule has 4 rings (SSSR count). The molecule has 3 heterocycles. The molecule has 3 aromatic rings. The molecule has 2 aromatic heterocycles. The average molecular weight is 365 g/mol. The molecule has 7 nitrogen and oxygen atoms in total. The van der Waals surface area contributed by atoms with Gasteiger partial charge in [-0.15, -0.1) is 0 Å². The highest BCUT2D eigenvalue weighted by molar-refractivity contribution is 5.79. The van der Waals surface area contributed by atoms with Gasteiger partial charge in [0.2, 0.25) is 5.91 Å². The smallest absolute Gasteiger partial charge is 0.276 e. The molecule has 1 saturated heterocycles. The molecule has 1 fully saturated rings. The minimum Gasteiger partial charge on any atom is -0.341 e. The number of nitrogens with one attached hydrogen (secondary N) is 1. The number of aromatic amines is 1. The first-order chi connectivity index (χ1) is 13.1. The zero-order chi connectivity index (χ0) is 19.0. The zero-order valence-corrected chi connectivity index (χ0v) is 15.3. The summed E-state index contributed by atoms with van der Waals surface area (Å²) in [5.74, 6) is 0.397. The monoisotopic (exact) mass is 365 g/mol. The summed E-state index contributed by atoms with van der Waals surface area (Å²) in [6.45, 7) is 3.55. The minimum absolute atomic E-state index is 0.0540. The molecule has 140 valence electrons. The minimum atomic E-state index is -0.218. The molecule has 0 aliphatic carbocycles. The number of aromatic nitrogens is 3. The molecule has 0 spiro atoms. The number of benzene rings is 1. The number of amides is 1. The van der Waals surface area contributed by atoms with Crippen LogP contribution in [0.4, 0.5) is 0 Å². The van der Waals surface area contributed by atoms with Crippen molar-refractivity contribution in [3.63, 3.8) is 0 Å². The van der Waals surface area contributed by atoms with E-state index in [-0.39, 0.29) is 29.7 Å². The van der Waals surface area contributed by atoms with Crippen molar-refractivity contribution >= 4 is 11.6 Å². The van der Waals surface area contributed by atoms with Crippen molar-refractivity contribution < 1.29 is 4.79 Å². The Morgan fingerprint density at radius 3 is 2.78 bits per heavy atom. The lowest BCUT2D eigenvalue weighted by molar-refractivity contribution is -0.129. The van der Waals surface area contributed by atoms with E-state index in [1.807, 2.05) is 23.1 Å². The van der Waals surface area contributed by atoms with Crippen LogP contribution >= 0.6 is 0 Å². The Morgan fingerprint density at radius 2 is 2.04 bits per heavy atom. The van der Waals surface area contributed by atoms with E-state index in [0.717, 1.165) is 0 Å². The molecular weight excluding hydrogens is 342 g/mol. The topological polar surface area (TPSA) is 96.5 Å². The van der Waals surface area contributed by atoms with Crippen molar-refractivity contribution in [1.82, 2.24) is 19.5 Å². The number of aryl methyl sites for hydroxylation is 1. The number of rotatable bonds is 4. The summed E-state index contributed by atoms with van der Waals surface area (Å²) in [4.78, 5) is 31.8. The molecule has 0 unspecified atom stereocenters. The first kappa shape index (κ1) is 17.5. The second kappa shape index (κ2) is 7.00. The van der Waals surface area contributed by atoms with Gasteiger partial charge in [0.15, 0.2) is 5.65 Å². The molecule has 0 bridgehead atoms. The van der Waals surface area contributed by atoms with Crippen LogP contribution in [0, 0.1) is 12.8 Å². The van der Waals surface area contributed by atoms with Gasteiger partial charge >= 0.3 is 0 Å². The third kappa shape index (κ3) is 3.14. The van der Waals surface area contributed by atoms with E-state index in [4.69, 9.17) is 5.73 Å². The summed E-state index contributed by atoms with van der Waals surface area (Å²) in [6, 6.07) is 11.9. The summed E-state index contributed by atoms with van der Waals surface area (Å²) in [5, 5.41) is 2.84. The number of nitrogens with two attached hydrogens (primary N) is 1. The second-order valence-electron chi connectivity index (χ2n) is 7.13. The summed E-state index contributed by atoms with van der Waals surface area (Å²) in [7, 11) is 0. The van der Waals surface area contributed by atoms with E-state index < -0.39 is 0 Å². The molecule has 1 aliphatic heterocycles. The molecule has 27 heavy (non-hydrogen) atoms. The van der Waals surface area contributed by atoms with Gasteiger partial charge in [-0.25, -0.2) is 9.50 Å². The highest BCUT2D eigenvalue weighted by atomic mass is 16.2. The van der Waals surface area contributed by atoms with Crippen molar-refractivity contribution in [3.8, 4) is 0 Å². The maximum absolute atomic E-state index is 12.9. The first-order valence-corrected chi connectivity index (χ1v) is 9.17. The Bertz CT molecular complexity index is 1020. The van der Waals surface area contributed by atoms with Crippen molar-refractivity contribution in [2.24, 2.45) is 11.7 Å². The quantitative estimate of drug-likeness (QED) is 0.723. The van der Waals surface area contributed by atoms with Gasteiger partial charge < -0.3 is 10.6 Å². The summed E-state index contributed by atoms with van der Waals surface area (Å²) in [6.07, 6.45) is 1.71. The first-order valence-electron chi connectivity index (χ1n) is 9.17. The lowest BCUT2D eigenvalue weighted by atomic mass is 9.89. The van der Waals surface area contributed by atoms with Crippen LogP contribution in [0.1, 0.15) is 22.7 Å². The van der Waals surface area contributed by atoms with Gasteiger partial charge in [-0.1, -0.05) is 30.3 Å². The van der Waals surface area contributed by atoms with Gasteiger partial charge in [0, 0.05) is 42.5 Å². The predicted octanol–water partition coefficient (Wildman–Crippen LogP) is 1.07. The fraction of sp³-hybridized carbons (Fsp3) is 0.350. The Morgan fingerprint density at radius 1 is 1.26 bits per heavy atom. The van der Waals surface area contributed by atoms with Crippen molar-refractivity contribution in [2.45, 2.75) is 19.3 Å². The number of nitrogens with zero attached hydrogens (tertiary/aromatic N) is 3. The number of hydrogen-bond acceptors (Lipinski definition) is 4. The van der Waals surface area contributed by atoms with Crippen LogP contribution in [0.2, 0.25) is 0 Å². The molecule has 2 atom stereocenters. The van der Waals surface area contributed by atoms with Gasteiger partial charge in [0.25, 0.3) is 5.56 Å². The zero-order valence-electron chi connectivity index (χ0n) is 15.3. The predicted molar refractivity (Wildman–Crippen MR) is 103 cm³/mol. The van der Waals surface area contributed by atoms with Crippen molar-refractivity contribution in [3.05, 3.63) is 69.8 Å². The van der Waals surface area contributed by atoms with Crippen LogP contribution in [0.3, 0.4) is 0 Å². The van der Waals surface area contributed by atoms with Gasteiger partial charge in [0.05, 0.1) is 6.42 Å². The van der Waals surface area contributed by atoms with E-state index in [1.54, 1.807) is 19.2 Å². The lowest BCUT2D eigenvalue weighted by Crippen LogP contribution is -2.34. The van der Waals surface area contributed by atoms with E-state index in [1.165, 1.54) is 10.1 Å². The average Bonchev–Trinajstić information content (AvgIpc) is 3.32. The number of H-pyrrole nitrogens is 1. The fourth-order valence-electron chi connectivity index (χ4n) is 3.96. The van der Waals surface area contributed by atoms with Crippen LogP contribution < -0.4 is 11.3 Å². The Hall–Kier alpha value is -2.93. The molecule has 7 heteroatoms. The van der Waals surface area contributed by atoms with Gasteiger partial charge in [-0.2, -0.15) is 0 Å². The standard InChI is InChI=1S/C20H23N5O2/c1-13-16(20(27)25-18(23-13)7-8-22-25)9-19(26)24-11-15(10-21)17(12-24)14-5-3-2-4-6-14/h2-8,15,17,22H,9-12,21H2,1H3/t15-,17+/m1/s1. The van der Waals surface area contributed by atoms with Crippen LogP contribution in [0.25, 0.3) is 5.65 Å². The molecule has 3 N–H and O–H groups in total. The fourth-order valence-corrected chi connectivity index (χ4v) is 3.96. The highest BCUT2D eigenvalue weighted by Crippen LogP contribution is 2.32. The third-order valence-electron chi connectivity index (χ3n) is 5.50. The van der Waals surface area contributed by atoms with Gasteiger partial charge in [-0.05, 0) is 24.9 Å². The van der Waals surface area contributed by atoms with Crippen LogP contribution in [0.15, 0.2) is 47.4 Å². The van der Waals surface area contributed by atoms with E-state index >= 15 is 0 Å². The Balaban J connectivity index is 1.56. The van der Waals surface area contributed by atoms with Gasteiger partial charge in [0.1, 0.15) is 0 Å². The maximum Gasteiger partial charge on any atom is 0.276 e. The van der Waals surface area contributed by atoms with Crippen LogP contribution in [-0.4, -0.2) is 45.0 Å². The number of likely N-dealkylation sites (tertiary alicyclic amines) is 1. The maximum atomic E-state index is 12.9. The number of carbonyl (C=O) groups is 1. The molecule has 1 aromatic carbocycles. The SMILES string of the molecule is Cc1nc2cc[nH]n2c(=O)c1CC(=O)N1C[C@@H](CN)[C@H](c2ccccc2)C1.